The summed E-state index contributed by atoms with van der Waals surface area (Å²) in [6.45, 7) is 4.36. The molecule has 1 amide bonds. The number of carbonyl (C=O) groups is 1. The second-order valence-corrected chi connectivity index (χ2v) is 6.38. The average molecular weight is 261 g/mol. The van der Waals surface area contributed by atoms with Gasteiger partial charge < -0.3 is 5.32 Å². The Hall–Kier alpha value is -1.38. The van der Waals surface area contributed by atoms with E-state index < -0.39 is 0 Å². The van der Waals surface area contributed by atoms with Crippen molar-refractivity contribution in [2.75, 3.05) is 0 Å². The van der Waals surface area contributed by atoms with E-state index in [9.17, 15) is 9.18 Å². The average Bonchev–Trinajstić information content (AvgIpc) is 2.81. The van der Waals surface area contributed by atoms with Gasteiger partial charge in [-0.15, -0.1) is 0 Å². The number of aryl methyl sites for hydroxylation is 1. The summed E-state index contributed by atoms with van der Waals surface area (Å²) < 4.78 is 13.3. The number of nitrogens with one attached hydrogen (secondary N) is 1. The molecule has 0 radical (unpaired) electrons. The first-order chi connectivity index (χ1) is 9.01. The van der Waals surface area contributed by atoms with Gasteiger partial charge in [-0.25, -0.2) is 4.39 Å². The number of rotatable bonds is 2. The SMILES string of the molecule is CC(C)CC1NC(=O)CC12CCc1cc(F)ccc12. The van der Waals surface area contributed by atoms with Gasteiger partial charge in [0, 0.05) is 17.9 Å². The van der Waals surface area contributed by atoms with Gasteiger partial charge in [-0.05, 0) is 48.4 Å². The molecule has 3 rings (SSSR count). The minimum Gasteiger partial charge on any atom is -0.352 e. The highest BCUT2D eigenvalue weighted by Crippen LogP contribution is 2.48. The van der Waals surface area contributed by atoms with Crippen LogP contribution in [0.2, 0.25) is 0 Å². The maximum atomic E-state index is 13.3. The Morgan fingerprint density at radius 1 is 1.47 bits per heavy atom. The van der Waals surface area contributed by atoms with Gasteiger partial charge >= 0.3 is 0 Å². The number of hydrogen-bond acceptors (Lipinski definition) is 1. The van der Waals surface area contributed by atoms with Crippen LogP contribution in [0.5, 0.6) is 0 Å². The van der Waals surface area contributed by atoms with E-state index in [0.717, 1.165) is 24.8 Å². The Morgan fingerprint density at radius 2 is 2.26 bits per heavy atom. The van der Waals surface area contributed by atoms with Crippen LogP contribution in [-0.2, 0) is 16.6 Å². The zero-order valence-electron chi connectivity index (χ0n) is 11.5. The van der Waals surface area contributed by atoms with E-state index in [1.165, 1.54) is 11.6 Å². The molecule has 0 aromatic heterocycles. The van der Waals surface area contributed by atoms with Crippen molar-refractivity contribution in [3.63, 3.8) is 0 Å². The third kappa shape index (κ3) is 1.96. The van der Waals surface area contributed by atoms with E-state index in [2.05, 4.69) is 19.2 Å². The van der Waals surface area contributed by atoms with Crippen molar-refractivity contribution in [3.8, 4) is 0 Å². The summed E-state index contributed by atoms with van der Waals surface area (Å²) in [5.41, 5.74) is 2.19. The summed E-state index contributed by atoms with van der Waals surface area (Å²) in [6, 6.07) is 5.26. The van der Waals surface area contributed by atoms with Gasteiger partial charge in [0.15, 0.2) is 0 Å². The summed E-state index contributed by atoms with van der Waals surface area (Å²) >= 11 is 0. The fraction of sp³-hybridized carbons (Fsp3) is 0.562. The topological polar surface area (TPSA) is 29.1 Å². The third-order valence-corrected chi connectivity index (χ3v) is 4.63. The predicted octanol–water partition coefficient (Wildman–Crippen LogP) is 2.94. The Balaban J connectivity index is 2.02. The van der Waals surface area contributed by atoms with Crippen molar-refractivity contribution in [2.45, 2.75) is 51.0 Å². The molecule has 0 bridgehead atoms. The molecule has 1 aromatic carbocycles. The van der Waals surface area contributed by atoms with E-state index in [1.54, 1.807) is 6.07 Å². The number of amides is 1. The maximum Gasteiger partial charge on any atom is 0.221 e. The molecule has 1 saturated heterocycles. The van der Waals surface area contributed by atoms with Crippen molar-refractivity contribution in [1.82, 2.24) is 5.32 Å². The molecule has 1 heterocycles. The van der Waals surface area contributed by atoms with Crippen molar-refractivity contribution in [2.24, 2.45) is 5.92 Å². The summed E-state index contributed by atoms with van der Waals surface area (Å²) in [5.74, 6) is 0.515. The number of fused-ring (bicyclic) bond motifs is 2. The van der Waals surface area contributed by atoms with E-state index in [0.29, 0.717) is 12.3 Å². The summed E-state index contributed by atoms with van der Waals surface area (Å²) in [5, 5.41) is 3.14. The molecule has 2 atom stereocenters. The van der Waals surface area contributed by atoms with Crippen LogP contribution in [0.15, 0.2) is 18.2 Å². The van der Waals surface area contributed by atoms with Gasteiger partial charge in [-0.2, -0.15) is 0 Å². The van der Waals surface area contributed by atoms with E-state index >= 15 is 0 Å². The number of halogens is 1. The van der Waals surface area contributed by atoms with Crippen LogP contribution in [-0.4, -0.2) is 11.9 Å². The van der Waals surface area contributed by atoms with Crippen molar-refractivity contribution in [1.29, 1.82) is 0 Å². The van der Waals surface area contributed by atoms with Crippen molar-refractivity contribution >= 4 is 5.91 Å². The molecule has 19 heavy (non-hydrogen) atoms. The highest BCUT2D eigenvalue weighted by Gasteiger charge is 2.51. The van der Waals surface area contributed by atoms with Crippen LogP contribution in [0.1, 0.15) is 44.2 Å². The Kier molecular flexibility index (Phi) is 2.88. The molecule has 2 nitrogen and oxygen atoms in total. The van der Waals surface area contributed by atoms with Crippen LogP contribution in [0.25, 0.3) is 0 Å². The minimum atomic E-state index is -0.173. The number of carbonyl (C=O) groups excluding carboxylic acids is 1. The normalized spacial score (nSPS) is 29.1. The Bertz CT molecular complexity index is 525. The molecule has 102 valence electrons. The second kappa shape index (κ2) is 4.32. The molecule has 1 aliphatic carbocycles. The Morgan fingerprint density at radius 3 is 3.00 bits per heavy atom. The quantitative estimate of drug-likeness (QED) is 0.871. The smallest absolute Gasteiger partial charge is 0.221 e. The maximum absolute atomic E-state index is 13.3. The zero-order chi connectivity index (χ0) is 13.6. The molecule has 3 heteroatoms. The molecule has 2 aliphatic rings. The molecule has 1 spiro atoms. The highest BCUT2D eigenvalue weighted by molar-refractivity contribution is 5.82. The summed E-state index contributed by atoms with van der Waals surface area (Å²) in [7, 11) is 0. The molecule has 1 aromatic rings. The lowest BCUT2D eigenvalue weighted by Gasteiger charge is -2.32. The van der Waals surface area contributed by atoms with Gasteiger partial charge in [0.1, 0.15) is 5.82 Å². The van der Waals surface area contributed by atoms with E-state index in [1.807, 2.05) is 6.07 Å². The van der Waals surface area contributed by atoms with Crippen LogP contribution >= 0.6 is 0 Å². The van der Waals surface area contributed by atoms with Crippen molar-refractivity contribution < 1.29 is 9.18 Å². The van der Waals surface area contributed by atoms with Gasteiger partial charge in [-0.1, -0.05) is 19.9 Å². The van der Waals surface area contributed by atoms with Crippen LogP contribution < -0.4 is 5.32 Å². The standard InChI is InChI=1S/C16H20FNO/c1-10(2)7-14-16(9-15(19)18-14)6-5-11-8-12(17)3-4-13(11)16/h3-4,8,10,14H,5-7,9H2,1-2H3,(H,18,19). The molecule has 1 N–H and O–H groups in total. The molecule has 1 aliphatic heterocycles. The molecule has 0 saturated carbocycles. The summed E-state index contributed by atoms with van der Waals surface area (Å²) in [6.07, 6.45) is 3.39. The number of hydrogen-bond donors (Lipinski definition) is 1. The van der Waals surface area contributed by atoms with Gasteiger partial charge in [0.25, 0.3) is 0 Å². The first-order valence-electron chi connectivity index (χ1n) is 7.09. The van der Waals surface area contributed by atoms with Gasteiger partial charge in [-0.3, -0.25) is 4.79 Å². The molecule has 2 unspecified atom stereocenters. The number of benzene rings is 1. The molecular weight excluding hydrogens is 241 g/mol. The fourth-order valence-corrected chi connectivity index (χ4v) is 3.84. The van der Waals surface area contributed by atoms with Gasteiger partial charge in [0.2, 0.25) is 5.91 Å². The largest absolute Gasteiger partial charge is 0.352 e. The lowest BCUT2D eigenvalue weighted by atomic mass is 9.73. The minimum absolute atomic E-state index is 0.0929. The van der Waals surface area contributed by atoms with Crippen LogP contribution in [0.4, 0.5) is 4.39 Å². The first-order valence-corrected chi connectivity index (χ1v) is 7.09. The lowest BCUT2D eigenvalue weighted by Crippen LogP contribution is -2.40. The zero-order valence-corrected chi connectivity index (χ0v) is 11.5. The van der Waals surface area contributed by atoms with E-state index in [4.69, 9.17) is 0 Å². The predicted molar refractivity (Wildman–Crippen MR) is 72.4 cm³/mol. The Labute approximate surface area is 113 Å². The van der Waals surface area contributed by atoms with Crippen molar-refractivity contribution in [3.05, 3.63) is 35.1 Å². The molecular formula is C16H20FNO. The lowest BCUT2D eigenvalue weighted by molar-refractivity contribution is -0.119. The van der Waals surface area contributed by atoms with E-state index in [-0.39, 0.29) is 23.2 Å². The van der Waals surface area contributed by atoms with Gasteiger partial charge in [0.05, 0.1) is 0 Å². The molecule has 1 fully saturated rings. The monoisotopic (exact) mass is 261 g/mol. The summed E-state index contributed by atoms with van der Waals surface area (Å²) in [4.78, 5) is 11.9. The van der Waals surface area contributed by atoms with Crippen LogP contribution in [0.3, 0.4) is 0 Å². The fourth-order valence-electron chi connectivity index (χ4n) is 3.84. The second-order valence-electron chi connectivity index (χ2n) is 6.38. The first kappa shape index (κ1) is 12.6. The third-order valence-electron chi connectivity index (χ3n) is 4.63. The van der Waals surface area contributed by atoms with Crippen LogP contribution in [0, 0.1) is 11.7 Å². The highest BCUT2D eigenvalue weighted by atomic mass is 19.1.